The van der Waals surface area contributed by atoms with Crippen molar-refractivity contribution in [3.05, 3.63) is 70.2 Å². The third-order valence-corrected chi connectivity index (χ3v) is 4.17. The number of carbonyl (C=O) groups excluding carboxylic acids is 1. The molecule has 0 saturated carbocycles. The van der Waals surface area contributed by atoms with Crippen molar-refractivity contribution in [2.45, 2.75) is 32.4 Å². The summed E-state index contributed by atoms with van der Waals surface area (Å²) in [6.45, 7) is 1.96. The molecule has 1 heterocycles. The molecule has 0 radical (unpaired) electrons. The van der Waals surface area contributed by atoms with Gasteiger partial charge in [0, 0.05) is 24.6 Å². The first-order valence-electron chi connectivity index (χ1n) is 8.28. The van der Waals surface area contributed by atoms with E-state index in [1.165, 1.54) is 10.6 Å². The number of hydrogen-bond acceptors (Lipinski definition) is 3. The summed E-state index contributed by atoms with van der Waals surface area (Å²) in [5, 5.41) is 2.68. The molecule has 1 N–H and O–H groups in total. The molecule has 1 amide bonds. The average molecular weight is 360 g/mol. The first kappa shape index (κ1) is 17.8. The fourth-order valence-corrected chi connectivity index (χ4v) is 2.87. The molecule has 136 valence electrons. The predicted octanol–water partition coefficient (Wildman–Crippen LogP) is 3.53. The molecule has 0 aliphatic heterocycles. The summed E-state index contributed by atoms with van der Waals surface area (Å²) in [5.41, 5.74) is 1.40. The van der Waals surface area contributed by atoms with E-state index in [4.69, 9.17) is 4.42 Å². The number of hydrogen-bond donors (Lipinski definition) is 1. The van der Waals surface area contributed by atoms with Crippen molar-refractivity contribution in [2.75, 3.05) is 0 Å². The summed E-state index contributed by atoms with van der Waals surface area (Å²) in [6.07, 6.45) is 0.590. The van der Waals surface area contributed by atoms with Crippen LogP contribution < -0.4 is 11.1 Å². The number of halogens is 2. The first-order chi connectivity index (χ1) is 12.5. The van der Waals surface area contributed by atoms with Gasteiger partial charge >= 0.3 is 5.76 Å². The van der Waals surface area contributed by atoms with E-state index in [9.17, 15) is 18.4 Å². The molecule has 0 spiro atoms. The highest BCUT2D eigenvalue weighted by Crippen LogP contribution is 2.18. The summed E-state index contributed by atoms with van der Waals surface area (Å²) in [6, 6.07) is 9.73. The second-order valence-corrected chi connectivity index (χ2v) is 6.05. The third-order valence-electron chi connectivity index (χ3n) is 4.17. The monoisotopic (exact) mass is 360 g/mol. The molecule has 7 heteroatoms. The van der Waals surface area contributed by atoms with Gasteiger partial charge in [-0.1, -0.05) is 18.2 Å². The Labute approximate surface area is 148 Å². The molecular weight excluding hydrogens is 342 g/mol. The van der Waals surface area contributed by atoms with Crippen molar-refractivity contribution in [1.29, 1.82) is 0 Å². The lowest BCUT2D eigenvalue weighted by Crippen LogP contribution is -2.27. The van der Waals surface area contributed by atoms with Crippen LogP contribution in [0.25, 0.3) is 11.1 Å². The van der Waals surface area contributed by atoms with E-state index in [0.717, 1.165) is 12.1 Å². The van der Waals surface area contributed by atoms with E-state index in [1.54, 1.807) is 31.2 Å². The van der Waals surface area contributed by atoms with Crippen LogP contribution >= 0.6 is 0 Å². The van der Waals surface area contributed by atoms with E-state index >= 15 is 0 Å². The second-order valence-electron chi connectivity index (χ2n) is 6.05. The van der Waals surface area contributed by atoms with Crippen LogP contribution in [0.3, 0.4) is 0 Å². The van der Waals surface area contributed by atoms with Gasteiger partial charge in [0.15, 0.2) is 5.58 Å². The van der Waals surface area contributed by atoms with Gasteiger partial charge in [-0.05, 0) is 31.5 Å². The quantitative estimate of drug-likeness (QED) is 0.731. The number of amides is 1. The summed E-state index contributed by atoms with van der Waals surface area (Å²) in [7, 11) is 0. The average Bonchev–Trinajstić information content (AvgIpc) is 2.90. The Morgan fingerprint density at radius 3 is 2.77 bits per heavy atom. The number of rotatable bonds is 6. The Hall–Kier alpha value is -2.96. The SMILES string of the molecule is C[C@@H](NC(=O)CCCn1c(=O)oc2ccccc21)c1ccc(F)cc1F. The molecule has 0 bridgehead atoms. The largest absolute Gasteiger partial charge is 0.419 e. The van der Waals surface area contributed by atoms with Crippen molar-refractivity contribution in [1.82, 2.24) is 9.88 Å². The molecule has 26 heavy (non-hydrogen) atoms. The van der Waals surface area contributed by atoms with Crippen LogP contribution in [0, 0.1) is 11.6 Å². The third kappa shape index (κ3) is 3.82. The van der Waals surface area contributed by atoms with E-state index in [1.807, 2.05) is 0 Å². The molecule has 5 nitrogen and oxygen atoms in total. The van der Waals surface area contributed by atoms with Crippen LogP contribution in [0.5, 0.6) is 0 Å². The van der Waals surface area contributed by atoms with Crippen LogP contribution in [0.1, 0.15) is 31.4 Å². The number of aryl methyl sites for hydroxylation is 1. The fraction of sp³-hybridized carbons (Fsp3) is 0.263. The minimum atomic E-state index is -0.700. The lowest BCUT2D eigenvalue weighted by Gasteiger charge is -2.15. The molecule has 2 aromatic carbocycles. The molecule has 3 rings (SSSR count). The van der Waals surface area contributed by atoms with Crippen LogP contribution in [-0.2, 0) is 11.3 Å². The fourth-order valence-electron chi connectivity index (χ4n) is 2.87. The van der Waals surface area contributed by atoms with Crippen molar-refractivity contribution < 1.29 is 18.0 Å². The zero-order valence-corrected chi connectivity index (χ0v) is 14.2. The molecule has 0 saturated heterocycles. The molecule has 1 aromatic heterocycles. The van der Waals surface area contributed by atoms with Gasteiger partial charge in [0.2, 0.25) is 5.91 Å². The van der Waals surface area contributed by atoms with E-state index < -0.39 is 23.4 Å². The smallest absolute Gasteiger partial charge is 0.408 e. The number of nitrogens with zero attached hydrogens (tertiary/aromatic N) is 1. The molecular formula is C19H18F2N2O3. The zero-order chi connectivity index (χ0) is 18.7. The number of aromatic nitrogens is 1. The van der Waals surface area contributed by atoms with Crippen molar-refractivity contribution in [3.63, 3.8) is 0 Å². The highest BCUT2D eigenvalue weighted by molar-refractivity contribution is 5.76. The van der Waals surface area contributed by atoms with E-state index in [0.29, 0.717) is 24.1 Å². The number of benzene rings is 2. The van der Waals surface area contributed by atoms with Crippen molar-refractivity contribution >= 4 is 17.0 Å². The van der Waals surface area contributed by atoms with E-state index in [-0.39, 0.29) is 17.9 Å². The Bertz CT molecular complexity index is 994. The highest BCUT2D eigenvalue weighted by atomic mass is 19.1. The maximum atomic E-state index is 13.7. The Kier molecular flexibility index (Phi) is 5.16. The number of oxazole rings is 1. The van der Waals surface area contributed by atoms with Gasteiger partial charge < -0.3 is 9.73 Å². The van der Waals surface area contributed by atoms with E-state index in [2.05, 4.69) is 5.32 Å². The van der Waals surface area contributed by atoms with Gasteiger partial charge in [0.1, 0.15) is 11.6 Å². The first-order valence-corrected chi connectivity index (χ1v) is 8.28. The zero-order valence-electron chi connectivity index (χ0n) is 14.2. The van der Waals surface area contributed by atoms with Gasteiger partial charge in [-0.3, -0.25) is 9.36 Å². The van der Waals surface area contributed by atoms with Crippen LogP contribution in [0.4, 0.5) is 8.78 Å². The van der Waals surface area contributed by atoms with Crippen LogP contribution in [-0.4, -0.2) is 10.5 Å². The second kappa shape index (κ2) is 7.51. The molecule has 1 atom stereocenters. The molecule has 3 aromatic rings. The summed E-state index contributed by atoms with van der Waals surface area (Å²) < 4.78 is 33.3. The molecule has 0 aliphatic rings. The summed E-state index contributed by atoms with van der Waals surface area (Å²) in [4.78, 5) is 23.9. The van der Waals surface area contributed by atoms with Gasteiger partial charge in [-0.2, -0.15) is 0 Å². The summed E-state index contributed by atoms with van der Waals surface area (Å²) >= 11 is 0. The van der Waals surface area contributed by atoms with Gasteiger partial charge in [0.25, 0.3) is 0 Å². The van der Waals surface area contributed by atoms with Gasteiger partial charge in [-0.15, -0.1) is 0 Å². The molecule has 0 aliphatic carbocycles. The minimum Gasteiger partial charge on any atom is -0.408 e. The Balaban J connectivity index is 1.57. The van der Waals surface area contributed by atoms with Crippen molar-refractivity contribution in [3.8, 4) is 0 Å². The maximum Gasteiger partial charge on any atom is 0.419 e. The lowest BCUT2D eigenvalue weighted by molar-refractivity contribution is -0.121. The number of nitrogens with one attached hydrogen (secondary N) is 1. The molecule has 0 fully saturated rings. The topological polar surface area (TPSA) is 64.2 Å². The number of carbonyl (C=O) groups is 1. The normalized spacial score (nSPS) is 12.3. The van der Waals surface area contributed by atoms with Crippen LogP contribution in [0.2, 0.25) is 0 Å². The van der Waals surface area contributed by atoms with Gasteiger partial charge in [-0.25, -0.2) is 13.6 Å². The highest BCUT2D eigenvalue weighted by Gasteiger charge is 2.15. The number of para-hydroxylation sites is 2. The van der Waals surface area contributed by atoms with Crippen molar-refractivity contribution in [2.24, 2.45) is 0 Å². The summed E-state index contributed by atoms with van der Waals surface area (Å²) in [5.74, 6) is -2.10. The minimum absolute atomic E-state index is 0.166. The molecule has 0 unspecified atom stereocenters. The maximum absolute atomic E-state index is 13.7. The predicted molar refractivity (Wildman–Crippen MR) is 92.6 cm³/mol. The Morgan fingerprint density at radius 2 is 2.00 bits per heavy atom. The number of fused-ring (bicyclic) bond motifs is 1. The standard InChI is InChI=1S/C19H18F2N2O3/c1-12(14-9-8-13(20)11-15(14)21)22-18(24)7-4-10-23-16-5-2-3-6-17(16)26-19(23)25/h2-3,5-6,8-9,11-12H,4,7,10H2,1H3,(H,22,24)/t12-/m1/s1. The lowest BCUT2D eigenvalue weighted by atomic mass is 10.1. The van der Waals surface area contributed by atoms with Gasteiger partial charge in [0.05, 0.1) is 11.6 Å². The Morgan fingerprint density at radius 1 is 1.23 bits per heavy atom. The van der Waals surface area contributed by atoms with Crippen LogP contribution in [0.15, 0.2) is 51.7 Å².